The predicted molar refractivity (Wildman–Crippen MR) is 120 cm³/mol. The number of hydrogen-bond acceptors (Lipinski definition) is 6. The molecular formula is C20H28N2O6S2. The highest BCUT2D eigenvalue weighted by molar-refractivity contribution is 7.86. The molecule has 2 rings (SSSR count). The van der Waals surface area contributed by atoms with Crippen molar-refractivity contribution in [1.82, 2.24) is 0 Å². The van der Waals surface area contributed by atoms with Crippen LogP contribution in [0.2, 0.25) is 0 Å². The quantitative estimate of drug-likeness (QED) is 0.299. The summed E-state index contributed by atoms with van der Waals surface area (Å²) in [6.07, 6.45) is 0.635. The van der Waals surface area contributed by atoms with Crippen LogP contribution in [0.4, 0.5) is 11.4 Å². The average Bonchev–Trinajstić information content (AvgIpc) is 2.62. The van der Waals surface area contributed by atoms with E-state index in [0.29, 0.717) is 25.9 Å². The lowest BCUT2D eigenvalue weighted by molar-refractivity contribution is 0.479. The van der Waals surface area contributed by atoms with E-state index in [-0.39, 0.29) is 11.5 Å². The third-order valence-corrected chi connectivity index (χ3v) is 6.18. The molecule has 0 spiro atoms. The topological polar surface area (TPSA) is 133 Å². The van der Waals surface area contributed by atoms with Gasteiger partial charge in [-0.1, -0.05) is 12.1 Å². The van der Waals surface area contributed by atoms with Crippen LogP contribution in [0.25, 0.3) is 11.1 Å². The number of anilines is 2. The molecule has 2 aromatic rings. The Kier molecular flexibility index (Phi) is 8.25. The van der Waals surface area contributed by atoms with Crippen LogP contribution in [0.15, 0.2) is 36.4 Å². The molecule has 0 atom stereocenters. The predicted octanol–water partition coefficient (Wildman–Crippen LogP) is 3.35. The molecule has 0 unspecified atom stereocenters. The minimum absolute atomic E-state index is 0.271. The van der Waals surface area contributed by atoms with Crippen LogP contribution in [0, 0.1) is 13.8 Å². The van der Waals surface area contributed by atoms with Gasteiger partial charge < -0.3 is 10.6 Å². The molecule has 0 amide bonds. The van der Waals surface area contributed by atoms with Gasteiger partial charge >= 0.3 is 0 Å². The molecule has 8 nitrogen and oxygen atoms in total. The Morgan fingerprint density at radius 1 is 0.700 bits per heavy atom. The SMILES string of the molecule is Cc1cc(-c2ccc(NCCCS(=O)(=O)O)c(C)c2)ccc1NCCCS(=O)(=O)O. The van der Waals surface area contributed by atoms with Gasteiger partial charge in [0.25, 0.3) is 20.2 Å². The van der Waals surface area contributed by atoms with Gasteiger partial charge in [-0.25, -0.2) is 0 Å². The van der Waals surface area contributed by atoms with Gasteiger partial charge in [0.05, 0.1) is 11.5 Å². The maximum Gasteiger partial charge on any atom is 0.264 e. The first-order chi connectivity index (χ1) is 13.9. The zero-order valence-corrected chi connectivity index (χ0v) is 18.7. The lowest BCUT2D eigenvalue weighted by Crippen LogP contribution is -2.10. The first kappa shape index (κ1) is 24.1. The van der Waals surface area contributed by atoms with E-state index < -0.39 is 20.2 Å². The van der Waals surface area contributed by atoms with E-state index in [1.54, 1.807) is 0 Å². The van der Waals surface area contributed by atoms with Crippen LogP contribution >= 0.6 is 0 Å². The lowest BCUT2D eigenvalue weighted by atomic mass is 10.00. The monoisotopic (exact) mass is 456 g/mol. The third-order valence-electron chi connectivity index (χ3n) is 4.58. The highest BCUT2D eigenvalue weighted by Crippen LogP contribution is 2.28. The lowest BCUT2D eigenvalue weighted by Gasteiger charge is -2.13. The van der Waals surface area contributed by atoms with E-state index in [9.17, 15) is 16.8 Å². The number of benzene rings is 2. The molecule has 0 aliphatic carbocycles. The average molecular weight is 457 g/mol. The van der Waals surface area contributed by atoms with E-state index in [2.05, 4.69) is 10.6 Å². The van der Waals surface area contributed by atoms with Gasteiger partial charge in [-0.3, -0.25) is 9.11 Å². The normalized spacial score (nSPS) is 12.0. The number of rotatable bonds is 11. The zero-order chi connectivity index (χ0) is 22.4. The second-order valence-electron chi connectivity index (χ2n) is 7.19. The van der Waals surface area contributed by atoms with Crippen molar-refractivity contribution in [3.63, 3.8) is 0 Å². The molecule has 30 heavy (non-hydrogen) atoms. The van der Waals surface area contributed by atoms with E-state index in [0.717, 1.165) is 33.6 Å². The Balaban J connectivity index is 1.98. The fourth-order valence-corrected chi connectivity index (χ4v) is 4.06. The van der Waals surface area contributed by atoms with Crippen molar-refractivity contribution in [2.24, 2.45) is 0 Å². The van der Waals surface area contributed by atoms with Crippen molar-refractivity contribution in [3.05, 3.63) is 47.5 Å². The minimum Gasteiger partial charge on any atom is -0.385 e. The number of hydrogen-bond donors (Lipinski definition) is 4. The molecule has 0 aromatic heterocycles. The van der Waals surface area contributed by atoms with Crippen molar-refractivity contribution in [2.45, 2.75) is 26.7 Å². The molecule has 0 saturated heterocycles. The summed E-state index contributed by atoms with van der Waals surface area (Å²) in [5, 5.41) is 6.36. The molecule has 0 saturated carbocycles. The van der Waals surface area contributed by atoms with E-state index >= 15 is 0 Å². The van der Waals surface area contributed by atoms with Gasteiger partial charge in [-0.05, 0) is 73.2 Å². The fourth-order valence-electron chi connectivity index (χ4n) is 3.04. The maximum atomic E-state index is 10.8. The Morgan fingerprint density at radius 3 is 1.37 bits per heavy atom. The summed E-state index contributed by atoms with van der Waals surface area (Å²) in [4.78, 5) is 0. The van der Waals surface area contributed by atoms with Gasteiger partial charge in [0.15, 0.2) is 0 Å². The van der Waals surface area contributed by atoms with E-state index in [4.69, 9.17) is 9.11 Å². The first-order valence-electron chi connectivity index (χ1n) is 9.54. The van der Waals surface area contributed by atoms with Gasteiger partial charge in [-0.15, -0.1) is 0 Å². The van der Waals surface area contributed by atoms with Crippen LogP contribution in [0.5, 0.6) is 0 Å². The van der Waals surface area contributed by atoms with Gasteiger partial charge in [0, 0.05) is 24.5 Å². The standard InChI is InChI=1S/C20H28N2O6S2/c1-15-13-17(5-7-19(15)21-9-3-11-29(23,24)25)18-6-8-20(16(2)14-18)22-10-4-12-30(26,27)28/h5-8,13-14,21-22H,3-4,9-12H2,1-2H3,(H,23,24,25)(H,26,27,28). The molecule has 0 radical (unpaired) electrons. The van der Waals surface area contributed by atoms with E-state index in [1.165, 1.54) is 0 Å². The van der Waals surface area contributed by atoms with Crippen LogP contribution < -0.4 is 10.6 Å². The second-order valence-corrected chi connectivity index (χ2v) is 10.3. The molecule has 10 heteroatoms. The van der Waals surface area contributed by atoms with Crippen molar-refractivity contribution in [3.8, 4) is 11.1 Å². The molecule has 0 heterocycles. The highest BCUT2D eigenvalue weighted by atomic mass is 32.2. The van der Waals surface area contributed by atoms with Crippen LogP contribution in [-0.4, -0.2) is 50.5 Å². The molecule has 4 N–H and O–H groups in total. The summed E-state index contributed by atoms with van der Waals surface area (Å²) < 4.78 is 60.6. The third kappa shape index (κ3) is 8.31. The fraction of sp³-hybridized carbons (Fsp3) is 0.400. The van der Waals surface area contributed by atoms with Crippen molar-refractivity contribution >= 4 is 31.6 Å². The highest BCUT2D eigenvalue weighted by Gasteiger charge is 2.07. The summed E-state index contributed by atoms with van der Waals surface area (Å²) in [5.41, 5.74) is 5.92. The summed E-state index contributed by atoms with van der Waals surface area (Å²) in [6, 6.07) is 11.9. The van der Waals surface area contributed by atoms with Gasteiger partial charge in [-0.2, -0.15) is 16.8 Å². The summed E-state index contributed by atoms with van der Waals surface area (Å²) in [7, 11) is -7.87. The summed E-state index contributed by atoms with van der Waals surface area (Å²) in [6.45, 7) is 4.81. The first-order valence-corrected chi connectivity index (χ1v) is 12.8. The molecule has 0 bridgehead atoms. The van der Waals surface area contributed by atoms with Crippen molar-refractivity contribution in [2.75, 3.05) is 35.2 Å². The zero-order valence-electron chi connectivity index (χ0n) is 17.1. The van der Waals surface area contributed by atoms with E-state index in [1.807, 2.05) is 50.2 Å². The number of aryl methyl sites for hydroxylation is 2. The van der Waals surface area contributed by atoms with Crippen molar-refractivity contribution < 1.29 is 25.9 Å². The molecule has 0 aliphatic heterocycles. The van der Waals surface area contributed by atoms with Crippen LogP contribution in [-0.2, 0) is 20.2 Å². The Hall–Kier alpha value is -2.14. The molecule has 0 aliphatic rings. The Bertz CT molecular complexity index is 995. The summed E-state index contributed by atoms with van der Waals surface area (Å²) in [5.74, 6) is -0.542. The van der Waals surface area contributed by atoms with Gasteiger partial charge in [0.2, 0.25) is 0 Å². The summed E-state index contributed by atoms with van der Waals surface area (Å²) >= 11 is 0. The molecular weight excluding hydrogens is 428 g/mol. The smallest absolute Gasteiger partial charge is 0.264 e. The molecule has 0 fully saturated rings. The molecule has 2 aromatic carbocycles. The van der Waals surface area contributed by atoms with Gasteiger partial charge in [0.1, 0.15) is 0 Å². The molecule has 166 valence electrons. The van der Waals surface area contributed by atoms with Crippen LogP contribution in [0.1, 0.15) is 24.0 Å². The number of nitrogens with one attached hydrogen (secondary N) is 2. The largest absolute Gasteiger partial charge is 0.385 e. The minimum atomic E-state index is -3.94. The second kappa shape index (κ2) is 10.3. The Morgan fingerprint density at radius 2 is 1.07 bits per heavy atom. The maximum absolute atomic E-state index is 10.8. The Labute approximate surface area is 178 Å². The van der Waals surface area contributed by atoms with Crippen LogP contribution in [0.3, 0.4) is 0 Å². The van der Waals surface area contributed by atoms with Crippen molar-refractivity contribution in [1.29, 1.82) is 0 Å².